The van der Waals surface area contributed by atoms with E-state index in [0.717, 1.165) is 0 Å². The number of rotatable bonds is 4. The van der Waals surface area contributed by atoms with Crippen molar-refractivity contribution in [1.82, 2.24) is 5.16 Å². The Bertz CT molecular complexity index is 285. The van der Waals surface area contributed by atoms with Crippen LogP contribution in [0.2, 0.25) is 0 Å². The predicted molar refractivity (Wildman–Crippen MR) is 42.1 cm³/mol. The van der Waals surface area contributed by atoms with Gasteiger partial charge in [-0.15, -0.1) is 0 Å². The largest absolute Gasteiger partial charge is 0.462 e. The van der Waals surface area contributed by atoms with E-state index in [1.807, 2.05) is 0 Å². The third kappa shape index (κ3) is 2.27. The molecule has 0 radical (unpaired) electrons. The van der Waals surface area contributed by atoms with Crippen molar-refractivity contribution in [2.24, 2.45) is 0 Å². The van der Waals surface area contributed by atoms with Crippen LogP contribution in [-0.4, -0.2) is 24.4 Å². The lowest BCUT2D eigenvalue weighted by atomic mass is 10.2. The molecule has 0 N–H and O–H groups in total. The number of carbonyl (C=O) groups is 1. The fraction of sp³-hybridized carbons (Fsp3) is 0.500. The van der Waals surface area contributed by atoms with Crippen LogP contribution in [0.5, 0.6) is 0 Å². The number of esters is 1. The van der Waals surface area contributed by atoms with Gasteiger partial charge in [0.25, 0.3) is 0 Å². The maximum absolute atomic E-state index is 12.0. The number of aromatic nitrogens is 1. The first-order valence-electron chi connectivity index (χ1n) is 3.96. The highest BCUT2D eigenvalue weighted by Crippen LogP contribution is 2.09. The lowest BCUT2D eigenvalue weighted by molar-refractivity contribution is 0.0524. The Morgan fingerprint density at radius 2 is 2.54 bits per heavy atom. The molecule has 13 heavy (non-hydrogen) atoms. The standard InChI is InChI=1S/C8H10FNO3/c1-2-12-8(11)6-5-13-10-7(6)3-4-9/h5H,2-4H2,1H3. The van der Waals surface area contributed by atoms with Gasteiger partial charge < -0.3 is 9.26 Å². The third-order valence-electron chi connectivity index (χ3n) is 1.47. The molecule has 0 amide bonds. The molecule has 0 bridgehead atoms. The zero-order valence-electron chi connectivity index (χ0n) is 7.25. The summed E-state index contributed by atoms with van der Waals surface area (Å²) in [5, 5.41) is 3.49. The summed E-state index contributed by atoms with van der Waals surface area (Å²) in [5.41, 5.74) is 0.514. The van der Waals surface area contributed by atoms with Crippen molar-refractivity contribution in [1.29, 1.82) is 0 Å². The van der Waals surface area contributed by atoms with Crippen LogP contribution in [-0.2, 0) is 11.2 Å². The van der Waals surface area contributed by atoms with Gasteiger partial charge in [0.2, 0.25) is 0 Å². The first kappa shape index (κ1) is 9.70. The Labute approximate surface area is 74.7 Å². The summed E-state index contributed by atoms with van der Waals surface area (Å²) in [4.78, 5) is 11.2. The molecule has 0 fully saturated rings. The summed E-state index contributed by atoms with van der Waals surface area (Å²) in [7, 11) is 0. The molecule has 0 aromatic carbocycles. The molecule has 0 aliphatic rings. The van der Waals surface area contributed by atoms with E-state index in [4.69, 9.17) is 4.74 Å². The Balaban J connectivity index is 2.74. The molecular weight excluding hydrogens is 177 g/mol. The van der Waals surface area contributed by atoms with Crippen LogP contribution < -0.4 is 0 Å². The van der Waals surface area contributed by atoms with Gasteiger partial charge in [-0.05, 0) is 6.92 Å². The van der Waals surface area contributed by atoms with Gasteiger partial charge in [0, 0.05) is 6.42 Å². The zero-order chi connectivity index (χ0) is 9.68. The average Bonchev–Trinajstić information content (AvgIpc) is 2.54. The van der Waals surface area contributed by atoms with Crippen molar-refractivity contribution >= 4 is 5.97 Å². The van der Waals surface area contributed by atoms with E-state index in [9.17, 15) is 9.18 Å². The molecule has 0 saturated heterocycles. The topological polar surface area (TPSA) is 52.3 Å². The number of hydrogen-bond acceptors (Lipinski definition) is 4. The Morgan fingerprint density at radius 1 is 1.77 bits per heavy atom. The van der Waals surface area contributed by atoms with E-state index >= 15 is 0 Å². The Morgan fingerprint density at radius 3 is 3.15 bits per heavy atom. The summed E-state index contributed by atoms with van der Waals surface area (Å²) < 4.78 is 21.2. The fourth-order valence-electron chi connectivity index (χ4n) is 0.904. The molecule has 0 unspecified atom stereocenters. The summed E-state index contributed by atoms with van der Waals surface area (Å²) in [6.45, 7) is 1.40. The third-order valence-corrected chi connectivity index (χ3v) is 1.47. The molecule has 1 aromatic rings. The minimum absolute atomic E-state index is 0.0741. The highest BCUT2D eigenvalue weighted by molar-refractivity contribution is 5.90. The number of aryl methyl sites for hydroxylation is 1. The molecule has 72 valence electrons. The number of halogens is 1. The summed E-state index contributed by atoms with van der Waals surface area (Å²) in [5.74, 6) is -0.521. The smallest absolute Gasteiger partial charge is 0.343 e. The van der Waals surface area contributed by atoms with Crippen LogP contribution in [0.25, 0.3) is 0 Å². The lowest BCUT2D eigenvalue weighted by Gasteiger charge is -1.98. The number of hydrogen-bond donors (Lipinski definition) is 0. The highest BCUT2D eigenvalue weighted by atomic mass is 19.1. The monoisotopic (exact) mass is 187 g/mol. The zero-order valence-corrected chi connectivity index (χ0v) is 7.25. The highest BCUT2D eigenvalue weighted by Gasteiger charge is 2.16. The van der Waals surface area contributed by atoms with E-state index in [1.54, 1.807) is 6.92 Å². The molecule has 1 rings (SSSR count). The van der Waals surface area contributed by atoms with Gasteiger partial charge in [-0.2, -0.15) is 0 Å². The molecule has 0 saturated carbocycles. The minimum atomic E-state index is -0.570. The minimum Gasteiger partial charge on any atom is -0.462 e. The number of carbonyl (C=O) groups excluding carboxylic acids is 1. The van der Waals surface area contributed by atoms with Crippen LogP contribution in [0.1, 0.15) is 23.0 Å². The Kier molecular flexibility index (Phi) is 3.42. The fourth-order valence-corrected chi connectivity index (χ4v) is 0.904. The van der Waals surface area contributed by atoms with E-state index < -0.39 is 12.6 Å². The van der Waals surface area contributed by atoms with Crippen LogP contribution in [0.3, 0.4) is 0 Å². The van der Waals surface area contributed by atoms with E-state index in [0.29, 0.717) is 5.69 Å². The van der Waals surface area contributed by atoms with Crippen molar-refractivity contribution in [3.8, 4) is 0 Å². The van der Waals surface area contributed by atoms with Crippen molar-refractivity contribution in [3.05, 3.63) is 17.5 Å². The molecule has 1 heterocycles. The van der Waals surface area contributed by atoms with Gasteiger partial charge in [-0.25, -0.2) is 4.79 Å². The lowest BCUT2D eigenvalue weighted by Crippen LogP contribution is -2.07. The normalized spacial score (nSPS) is 10.0. The number of nitrogens with zero attached hydrogens (tertiary/aromatic N) is 1. The van der Waals surface area contributed by atoms with Gasteiger partial charge in [0.05, 0.1) is 13.3 Å². The van der Waals surface area contributed by atoms with Crippen molar-refractivity contribution in [2.45, 2.75) is 13.3 Å². The van der Waals surface area contributed by atoms with Crippen LogP contribution >= 0.6 is 0 Å². The first-order valence-corrected chi connectivity index (χ1v) is 3.96. The number of ether oxygens (including phenoxy) is 1. The van der Waals surface area contributed by atoms with E-state index in [-0.39, 0.29) is 18.6 Å². The van der Waals surface area contributed by atoms with Gasteiger partial charge in [0.1, 0.15) is 17.5 Å². The van der Waals surface area contributed by atoms with E-state index in [2.05, 4.69) is 9.68 Å². The average molecular weight is 187 g/mol. The van der Waals surface area contributed by atoms with Crippen LogP contribution in [0, 0.1) is 0 Å². The maximum atomic E-state index is 12.0. The van der Waals surface area contributed by atoms with Crippen molar-refractivity contribution in [2.75, 3.05) is 13.3 Å². The van der Waals surface area contributed by atoms with Crippen molar-refractivity contribution < 1.29 is 18.4 Å². The summed E-state index contributed by atoms with van der Waals surface area (Å²) >= 11 is 0. The molecule has 0 aliphatic heterocycles. The van der Waals surface area contributed by atoms with Crippen LogP contribution in [0.15, 0.2) is 10.8 Å². The molecule has 0 atom stereocenters. The second-order valence-electron chi connectivity index (χ2n) is 2.33. The molecule has 0 spiro atoms. The predicted octanol–water partition coefficient (Wildman–Crippen LogP) is 1.36. The van der Waals surface area contributed by atoms with Gasteiger partial charge >= 0.3 is 5.97 Å². The van der Waals surface area contributed by atoms with Crippen molar-refractivity contribution in [3.63, 3.8) is 0 Å². The second-order valence-corrected chi connectivity index (χ2v) is 2.33. The summed E-state index contributed by atoms with van der Waals surface area (Å²) in [6.07, 6.45) is 1.24. The van der Waals surface area contributed by atoms with Gasteiger partial charge in [-0.1, -0.05) is 5.16 Å². The second kappa shape index (κ2) is 4.59. The van der Waals surface area contributed by atoms with Gasteiger partial charge in [0.15, 0.2) is 0 Å². The number of alkyl halides is 1. The molecular formula is C8H10FNO3. The molecule has 4 nitrogen and oxygen atoms in total. The SMILES string of the molecule is CCOC(=O)c1conc1CCF. The quantitative estimate of drug-likeness (QED) is 0.668. The maximum Gasteiger partial charge on any atom is 0.343 e. The molecule has 1 aromatic heterocycles. The Hall–Kier alpha value is -1.39. The van der Waals surface area contributed by atoms with E-state index in [1.165, 1.54) is 6.26 Å². The molecule has 5 heteroatoms. The molecule has 0 aliphatic carbocycles. The van der Waals surface area contributed by atoms with Gasteiger partial charge in [-0.3, -0.25) is 4.39 Å². The summed E-state index contributed by atoms with van der Waals surface area (Å²) in [6, 6.07) is 0. The first-order chi connectivity index (χ1) is 6.29. The van der Waals surface area contributed by atoms with Crippen LogP contribution in [0.4, 0.5) is 4.39 Å².